The number of aliphatic hydroxyl groups is 1. The summed E-state index contributed by atoms with van der Waals surface area (Å²) in [4.78, 5) is 0.112. The Morgan fingerprint density at radius 3 is 2.56 bits per heavy atom. The number of anilines is 1. The van der Waals surface area contributed by atoms with E-state index in [4.69, 9.17) is 5.73 Å². The standard InChI is InChI=1S/C11H17BrN2O3S/c1-7(5-8(2)15)14-18(16,17)9-3-4-10(12)11(13)6-9/h3-4,6-8,14-15H,5,13H2,1-2H3. The van der Waals surface area contributed by atoms with Crippen molar-refractivity contribution in [3.05, 3.63) is 22.7 Å². The smallest absolute Gasteiger partial charge is 0.240 e. The number of rotatable bonds is 5. The second kappa shape index (κ2) is 6.01. The first-order chi connectivity index (χ1) is 8.22. The van der Waals surface area contributed by atoms with Crippen LogP contribution in [0, 0.1) is 0 Å². The molecule has 0 aliphatic rings. The Morgan fingerprint density at radius 1 is 1.44 bits per heavy atom. The first kappa shape index (κ1) is 15.4. The minimum atomic E-state index is -3.61. The third-order valence-corrected chi connectivity index (χ3v) is 4.64. The predicted molar refractivity (Wildman–Crippen MR) is 74.6 cm³/mol. The monoisotopic (exact) mass is 336 g/mol. The number of benzene rings is 1. The molecular weight excluding hydrogens is 320 g/mol. The summed E-state index contributed by atoms with van der Waals surface area (Å²) < 4.78 is 27.2. The first-order valence-electron chi connectivity index (χ1n) is 5.48. The highest BCUT2D eigenvalue weighted by atomic mass is 79.9. The number of hydrogen-bond donors (Lipinski definition) is 3. The molecule has 0 aromatic heterocycles. The van der Waals surface area contributed by atoms with E-state index in [1.54, 1.807) is 19.9 Å². The third kappa shape index (κ3) is 4.24. The van der Waals surface area contributed by atoms with Gasteiger partial charge in [0.2, 0.25) is 10.0 Å². The summed E-state index contributed by atoms with van der Waals surface area (Å²) in [6.45, 7) is 3.31. The molecule has 102 valence electrons. The topological polar surface area (TPSA) is 92.4 Å². The predicted octanol–water partition coefficient (Wildman–Crippen LogP) is 1.47. The molecule has 4 N–H and O–H groups in total. The van der Waals surface area contributed by atoms with Gasteiger partial charge in [-0.2, -0.15) is 0 Å². The number of nitrogens with one attached hydrogen (secondary N) is 1. The highest BCUT2D eigenvalue weighted by Crippen LogP contribution is 2.22. The van der Waals surface area contributed by atoms with Crippen LogP contribution in [0.2, 0.25) is 0 Å². The molecule has 0 amide bonds. The average molecular weight is 337 g/mol. The number of halogens is 1. The van der Waals surface area contributed by atoms with Gasteiger partial charge >= 0.3 is 0 Å². The van der Waals surface area contributed by atoms with Gasteiger partial charge in [-0.05, 0) is 54.4 Å². The van der Waals surface area contributed by atoms with E-state index in [-0.39, 0.29) is 10.9 Å². The Balaban J connectivity index is 2.89. The van der Waals surface area contributed by atoms with Gasteiger partial charge in [-0.1, -0.05) is 0 Å². The molecule has 18 heavy (non-hydrogen) atoms. The first-order valence-corrected chi connectivity index (χ1v) is 7.75. The molecule has 2 atom stereocenters. The molecular formula is C11H17BrN2O3S. The maximum absolute atomic E-state index is 12.0. The van der Waals surface area contributed by atoms with Gasteiger partial charge in [0.25, 0.3) is 0 Å². The molecule has 0 aliphatic heterocycles. The van der Waals surface area contributed by atoms with E-state index in [0.717, 1.165) is 0 Å². The molecule has 5 nitrogen and oxygen atoms in total. The zero-order valence-electron chi connectivity index (χ0n) is 10.2. The van der Waals surface area contributed by atoms with Crippen molar-refractivity contribution in [1.29, 1.82) is 0 Å². The largest absolute Gasteiger partial charge is 0.398 e. The summed E-state index contributed by atoms with van der Waals surface area (Å²) in [5, 5.41) is 9.21. The second-order valence-corrected chi connectivity index (χ2v) is 6.86. The van der Waals surface area contributed by atoms with Crippen LogP contribution in [-0.4, -0.2) is 25.7 Å². The molecule has 7 heteroatoms. The minimum Gasteiger partial charge on any atom is -0.398 e. The van der Waals surface area contributed by atoms with Crippen LogP contribution in [0.5, 0.6) is 0 Å². The van der Waals surface area contributed by atoms with Crippen LogP contribution in [0.25, 0.3) is 0 Å². The van der Waals surface area contributed by atoms with Crippen LogP contribution in [0.1, 0.15) is 20.3 Å². The molecule has 0 fully saturated rings. The van der Waals surface area contributed by atoms with Gasteiger partial charge in [0.05, 0.1) is 11.0 Å². The summed E-state index contributed by atoms with van der Waals surface area (Å²) in [5.41, 5.74) is 6.01. The Labute approximate surface area is 116 Å². The van der Waals surface area contributed by atoms with Gasteiger partial charge in [-0.15, -0.1) is 0 Å². The summed E-state index contributed by atoms with van der Waals surface area (Å²) in [6, 6.07) is 4.10. The Hall–Kier alpha value is -0.630. The lowest BCUT2D eigenvalue weighted by Gasteiger charge is -2.16. The van der Waals surface area contributed by atoms with Gasteiger partial charge in [0.1, 0.15) is 0 Å². The summed E-state index contributed by atoms with van der Waals surface area (Å²) in [5.74, 6) is 0. The summed E-state index contributed by atoms with van der Waals surface area (Å²) in [7, 11) is -3.61. The molecule has 0 heterocycles. The fourth-order valence-electron chi connectivity index (χ4n) is 1.58. The van der Waals surface area contributed by atoms with E-state index in [9.17, 15) is 13.5 Å². The van der Waals surface area contributed by atoms with E-state index >= 15 is 0 Å². The van der Waals surface area contributed by atoms with Crippen molar-refractivity contribution in [3.63, 3.8) is 0 Å². The van der Waals surface area contributed by atoms with Crippen molar-refractivity contribution in [1.82, 2.24) is 4.72 Å². The second-order valence-electron chi connectivity index (χ2n) is 4.29. The third-order valence-electron chi connectivity index (χ3n) is 2.33. The van der Waals surface area contributed by atoms with Crippen molar-refractivity contribution in [2.24, 2.45) is 0 Å². The molecule has 0 spiro atoms. The highest BCUT2D eigenvalue weighted by molar-refractivity contribution is 9.10. The molecule has 1 aromatic rings. The van der Waals surface area contributed by atoms with Crippen molar-refractivity contribution in [2.45, 2.75) is 37.3 Å². The van der Waals surface area contributed by atoms with E-state index in [1.807, 2.05) is 0 Å². The maximum Gasteiger partial charge on any atom is 0.240 e. The Bertz CT molecular complexity index is 517. The zero-order chi connectivity index (χ0) is 13.9. The van der Waals surface area contributed by atoms with Crippen LogP contribution in [-0.2, 0) is 10.0 Å². The van der Waals surface area contributed by atoms with Gasteiger partial charge in [0.15, 0.2) is 0 Å². The van der Waals surface area contributed by atoms with Crippen LogP contribution in [0.4, 0.5) is 5.69 Å². The number of sulfonamides is 1. The van der Waals surface area contributed by atoms with E-state index in [1.165, 1.54) is 12.1 Å². The maximum atomic E-state index is 12.0. The summed E-state index contributed by atoms with van der Waals surface area (Å²) >= 11 is 3.21. The van der Waals surface area contributed by atoms with E-state index < -0.39 is 16.1 Å². The molecule has 1 aromatic carbocycles. The van der Waals surface area contributed by atoms with Gasteiger partial charge in [-0.3, -0.25) is 0 Å². The van der Waals surface area contributed by atoms with Crippen LogP contribution in [0.15, 0.2) is 27.6 Å². The molecule has 0 saturated carbocycles. The van der Waals surface area contributed by atoms with Gasteiger partial charge in [-0.25, -0.2) is 13.1 Å². The number of nitrogens with two attached hydrogens (primary N) is 1. The number of aliphatic hydroxyl groups excluding tert-OH is 1. The van der Waals surface area contributed by atoms with Gasteiger partial charge < -0.3 is 10.8 Å². The number of hydrogen-bond acceptors (Lipinski definition) is 4. The fourth-order valence-corrected chi connectivity index (χ4v) is 3.12. The summed E-state index contributed by atoms with van der Waals surface area (Å²) in [6.07, 6.45) is -0.205. The van der Waals surface area contributed by atoms with E-state index in [2.05, 4.69) is 20.7 Å². The quantitative estimate of drug-likeness (QED) is 0.710. The van der Waals surface area contributed by atoms with Crippen molar-refractivity contribution < 1.29 is 13.5 Å². The lowest BCUT2D eigenvalue weighted by molar-refractivity contribution is 0.175. The Kier molecular flexibility index (Phi) is 5.15. The van der Waals surface area contributed by atoms with Gasteiger partial charge in [0, 0.05) is 16.2 Å². The average Bonchev–Trinajstić information content (AvgIpc) is 2.19. The van der Waals surface area contributed by atoms with Crippen molar-refractivity contribution in [3.8, 4) is 0 Å². The molecule has 0 radical (unpaired) electrons. The van der Waals surface area contributed by atoms with Crippen molar-refractivity contribution >= 4 is 31.6 Å². The van der Waals surface area contributed by atoms with E-state index in [0.29, 0.717) is 16.6 Å². The highest BCUT2D eigenvalue weighted by Gasteiger charge is 2.18. The molecule has 0 bridgehead atoms. The number of nitrogen functional groups attached to an aromatic ring is 1. The minimum absolute atomic E-state index is 0.112. The fraction of sp³-hybridized carbons (Fsp3) is 0.455. The zero-order valence-corrected chi connectivity index (χ0v) is 12.6. The molecule has 0 aliphatic carbocycles. The lowest BCUT2D eigenvalue weighted by atomic mass is 10.2. The lowest BCUT2D eigenvalue weighted by Crippen LogP contribution is -2.34. The SMILES string of the molecule is CC(O)CC(C)NS(=O)(=O)c1ccc(Br)c(N)c1. The van der Waals surface area contributed by atoms with Crippen LogP contribution < -0.4 is 10.5 Å². The van der Waals surface area contributed by atoms with Crippen LogP contribution in [0.3, 0.4) is 0 Å². The molecule has 2 unspecified atom stereocenters. The Morgan fingerprint density at radius 2 is 2.06 bits per heavy atom. The molecule has 1 rings (SSSR count). The van der Waals surface area contributed by atoms with Crippen LogP contribution >= 0.6 is 15.9 Å². The molecule has 0 saturated heterocycles. The van der Waals surface area contributed by atoms with Crippen molar-refractivity contribution in [2.75, 3.05) is 5.73 Å². The normalized spacial score (nSPS) is 15.3.